The lowest BCUT2D eigenvalue weighted by Crippen LogP contribution is -2.51. The first kappa shape index (κ1) is 17.0. The summed E-state index contributed by atoms with van der Waals surface area (Å²) in [5, 5.41) is 11.0. The summed E-state index contributed by atoms with van der Waals surface area (Å²) in [6.07, 6.45) is 1.88. The molecule has 2 N–H and O–H groups in total. The van der Waals surface area contributed by atoms with Crippen molar-refractivity contribution in [2.45, 2.75) is 38.6 Å². The van der Waals surface area contributed by atoms with Gasteiger partial charge in [-0.05, 0) is 44.4 Å². The summed E-state index contributed by atoms with van der Waals surface area (Å²) in [6.45, 7) is 5.04. The third kappa shape index (κ3) is 3.79. The van der Waals surface area contributed by atoms with Gasteiger partial charge in [0, 0.05) is 22.9 Å². The van der Waals surface area contributed by atoms with Gasteiger partial charge in [-0.25, -0.2) is 0 Å². The number of carbonyl (C=O) groups excluding carboxylic acids is 1. The second-order valence-electron chi connectivity index (χ2n) is 6.52. The minimum Gasteiger partial charge on any atom is -0.379 e. The standard InChI is InChI=1S/C18H22ClN3O2/c1-12-16(13(2)22-21-12)9-17(23)20-18(7-8-24-11-18)10-14-3-5-15(19)6-4-14/h3-6H,7-11H2,1-2H3,(H,20,23)(H,21,22). The molecule has 0 saturated carbocycles. The van der Waals surface area contributed by atoms with Crippen LogP contribution in [0.4, 0.5) is 0 Å². The summed E-state index contributed by atoms with van der Waals surface area (Å²) < 4.78 is 5.58. The topological polar surface area (TPSA) is 67.0 Å². The van der Waals surface area contributed by atoms with Crippen LogP contribution < -0.4 is 5.32 Å². The number of H-pyrrole nitrogens is 1. The zero-order chi connectivity index (χ0) is 17.2. The quantitative estimate of drug-likeness (QED) is 0.874. The van der Waals surface area contributed by atoms with Gasteiger partial charge < -0.3 is 10.1 Å². The van der Waals surface area contributed by atoms with Gasteiger partial charge in [0.05, 0.1) is 24.3 Å². The van der Waals surface area contributed by atoms with Crippen LogP contribution in [0, 0.1) is 13.8 Å². The second-order valence-corrected chi connectivity index (χ2v) is 6.96. The van der Waals surface area contributed by atoms with Crippen LogP contribution in [0.2, 0.25) is 5.02 Å². The molecule has 0 spiro atoms. The van der Waals surface area contributed by atoms with Crippen LogP contribution in [0.3, 0.4) is 0 Å². The Hall–Kier alpha value is -1.85. The molecule has 5 nitrogen and oxygen atoms in total. The molecular weight excluding hydrogens is 326 g/mol. The minimum atomic E-state index is -0.351. The van der Waals surface area contributed by atoms with Crippen LogP contribution in [0.5, 0.6) is 0 Å². The molecule has 3 rings (SSSR count). The van der Waals surface area contributed by atoms with Gasteiger partial charge in [-0.15, -0.1) is 0 Å². The van der Waals surface area contributed by atoms with E-state index in [0.717, 1.165) is 35.4 Å². The van der Waals surface area contributed by atoms with Crippen LogP contribution in [0.1, 0.15) is 28.9 Å². The van der Waals surface area contributed by atoms with Crippen molar-refractivity contribution in [1.82, 2.24) is 15.5 Å². The zero-order valence-electron chi connectivity index (χ0n) is 14.0. The highest BCUT2D eigenvalue weighted by Gasteiger charge is 2.36. The monoisotopic (exact) mass is 347 g/mol. The number of rotatable bonds is 5. The highest BCUT2D eigenvalue weighted by molar-refractivity contribution is 6.30. The maximum absolute atomic E-state index is 12.6. The summed E-state index contributed by atoms with van der Waals surface area (Å²) >= 11 is 5.95. The number of aromatic amines is 1. The number of ether oxygens (including phenoxy) is 1. The van der Waals surface area contributed by atoms with Crippen molar-refractivity contribution in [1.29, 1.82) is 0 Å². The first-order valence-corrected chi connectivity index (χ1v) is 8.49. The number of amides is 1. The van der Waals surface area contributed by atoms with Crippen molar-refractivity contribution in [3.05, 3.63) is 51.8 Å². The summed E-state index contributed by atoms with van der Waals surface area (Å²) in [7, 11) is 0. The van der Waals surface area contributed by atoms with E-state index in [2.05, 4.69) is 15.5 Å². The average Bonchev–Trinajstić information content (AvgIpc) is 3.12. The third-order valence-corrected chi connectivity index (χ3v) is 4.83. The van der Waals surface area contributed by atoms with Gasteiger partial charge in [-0.2, -0.15) is 5.10 Å². The number of halogens is 1. The van der Waals surface area contributed by atoms with Crippen LogP contribution >= 0.6 is 11.6 Å². The fraction of sp³-hybridized carbons (Fsp3) is 0.444. The zero-order valence-corrected chi connectivity index (χ0v) is 14.7. The van der Waals surface area contributed by atoms with Crippen molar-refractivity contribution in [3.8, 4) is 0 Å². The first-order valence-electron chi connectivity index (χ1n) is 8.11. The summed E-state index contributed by atoms with van der Waals surface area (Å²) in [4.78, 5) is 12.6. The Morgan fingerprint density at radius 3 is 2.71 bits per heavy atom. The number of benzene rings is 1. The van der Waals surface area contributed by atoms with Crippen LogP contribution in [-0.2, 0) is 22.4 Å². The molecule has 1 amide bonds. The number of carbonyl (C=O) groups is 1. The molecule has 1 aromatic carbocycles. The number of nitrogens with one attached hydrogen (secondary N) is 2. The molecule has 1 unspecified atom stereocenters. The van der Waals surface area contributed by atoms with Crippen LogP contribution in [0.15, 0.2) is 24.3 Å². The third-order valence-electron chi connectivity index (χ3n) is 4.58. The molecule has 128 valence electrons. The van der Waals surface area contributed by atoms with Crippen molar-refractivity contribution in [2.24, 2.45) is 0 Å². The molecule has 1 aromatic heterocycles. The molecule has 1 fully saturated rings. The van der Waals surface area contributed by atoms with Gasteiger partial charge in [0.15, 0.2) is 0 Å². The van der Waals surface area contributed by atoms with Gasteiger partial charge in [-0.3, -0.25) is 9.89 Å². The summed E-state index contributed by atoms with van der Waals surface area (Å²) in [6, 6.07) is 7.75. The Labute approximate surface area is 146 Å². The average molecular weight is 348 g/mol. The van der Waals surface area contributed by atoms with Gasteiger partial charge in [0.1, 0.15) is 0 Å². The number of aromatic nitrogens is 2. The summed E-state index contributed by atoms with van der Waals surface area (Å²) in [5.41, 5.74) is 3.57. The minimum absolute atomic E-state index is 0.00191. The molecule has 1 atom stereocenters. The Morgan fingerprint density at radius 1 is 1.38 bits per heavy atom. The normalized spacial score (nSPS) is 20.3. The van der Waals surface area contributed by atoms with E-state index in [-0.39, 0.29) is 11.4 Å². The molecule has 0 radical (unpaired) electrons. The molecule has 0 bridgehead atoms. The molecular formula is C18H22ClN3O2. The van der Waals surface area contributed by atoms with E-state index in [1.165, 1.54) is 0 Å². The smallest absolute Gasteiger partial charge is 0.225 e. The van der Waals surface area contributed by atoms with Crippen LogP contribution in [-0.4, -0.2) is 34.9 Å². The molecule has 1 aliphatic heterocycles. The maximum atomic E-state index is 12.6. The SMILES string of the molecule is Cc1n[nH]c(C)c1CC(=O)NC1(Cc2ccc(Cl)cc2)CCOC1. The number of hydrogen-bond donors (Lipinski definition) is 2. The van der Waals surface area contributed by atoms with Crippen molar-refractivity contribution >= 4 is 17.5 Å². The first-order chi connectivity index (χ1) is 11.5. The lowest BCUT2D eigenvalue weighted by Gasteiger charge is -2.29. The molecule has 2 aromatic rings. The largest absolute Gasteiger partial charge is 0.379 e. The lowest BCUT2D eigenvalue weighted by atomic mass is 9.89. The van der Waals surface area contributed by atoms with Crippen molar-refractivity contribution in [2.75, 3.05) is 13.2 Å². The Kier molecular flexibility index (Phi) is 4.92. The Bertz CT molecular complexity index is 699. The number of aryl methyl sites for hydroxylation is 2. The maximum Gasteiger partial charge on any atom is 0.225 e. The molecule has 24 heavy (non-hydrogen) atoms. The highest BCUT2D eigenvalue weighted by Crippen LogP contribution is 2.25. The fourth-order valence-corrected chi connectivity index (χ4v) is 3.34. The lowest BCUT2D eigenvalue weighted by molar-refractivity contribution is -0.122. The fourth-order valence-electron chi connectivity index (χ4n) is 3.22. The molecule has 1 saturated heterocycles. The number of hydrogen-bond acceptors (Lipinski definition) is 3. The number of nitrogens with zero attached hydrogens (tertiary/aromatic N) is 1. The molecule has 2 heterocycles. The Balaban J connectivity index is 1.71. The van der Waals surface area contributed by atoms with E-state index in [4.69, 9.17) is 16.3 Å². The Morgan fingerprint density at radius 2 is 2.12 bits per heavy atom. The second kappa shape index (κ2) is 6.95. The van der Waals surface area contributed by atoms with Crippen molar-refractivity contribution in [3.63, 3.8) is 0 Å². The molecule has 6 heteroatoms. The van der Waals surface area contributed by atoms with E-state index in [1.54, 1.807) is 0 Å². The predicted octanol–water partition coefficient (Wildman–Crippen LogP) is 2.74. The van der Waals surface area contributed by atoms with Crippen molar-refractivity contribution < 1.29 is 9.53 Å². The van der Waals surface area contributed by atoms with Gasteiger partial charge in [-0.1, -0.05) is 23.7 Å². The molecule has 1 aliphatic rings. The van der Waals surface area contributed by atoms with Gasteiger partial charge in [0.2, 0.25) is 5.91 Å². The van der Waals surface area contributed by atoms with Gasteiger partial charge >= 0.3 is 0 Å². The summed E-state index contributed by atoms with van der Waals surface area (Å²) in [5.74, 6) is 0.00191. The van der Waals surface area contributed by atoms with E-state index >= 15 is 0 Å². The van der Waals surface area contributed by atoms with E-state index < -0.39 is 0 Å². The van der Waals surface area contributed by atoms with Gasteiger partial charge in [0.25, 0.3) is 0 Å². The van der Waals surface area contributed by atoms with E-state index in [0.29, 0.717) is 24.7 Å². The van der Waals surface area contributed by atoms with Crippen LogP contribution in [0.25, 0.3) is 0 Å². The highest BCUT2D eigenvalue weighted by atomic mass is 35.5. The molecule has 0 aliphatic carbocycles. The van der Waals surface area contributed by atoms with E-state index in [1.807, 2.05) is 38.1 Å². The van der Waals surface area contributed by atoms with E-state index in [9.17, 15) is 4.79 Å². The predicted molar refractivity (Wildman–Crippen MR) is 93.2 cm³/mol.